The van der Waals surface area contributed by atoms with E-state index in [1.165, 1.54) is 154 Å². The lowest BCUT2D eigenvalue weighted by Gasteiger charge is -2.21. The number of hydrogen-bond donors (Lipinski definition) is 3. The van der Waals surface area contributed by atoms with Crippen molar-refractivity contribution in [3.05, 3.63) is 24.3 Å². The molecule has 0 aromatic carbocycles. The van der Waals surface area contributed by atoms with Crippen LogP contribution in [0.3, 0.4) is 0 Å². The van der Waals surface area contributed by atoms with Crippen LogP contribution in [0.2, 0.25) is 0 Å². The number of hydrogen-bond acceptors (Lipinski definition) is 15. The van der Waals surface area contributed by atoms with Crippen molar-refractivity contribution in [1.29, 1.82) is 0 Å². The van der Waals surface area contributed by atoms with Gasteiger partial charge in [-0.1, -0.05) is 310 Å². The summed E-state index contributed by atoms with van der Waals surface area (Å²) in [7, 11) is -9.93. The van der Waals surface area contributed by atoms with Crippen LogP contribution < -0.4 is 0 Å². The number of carbonyl (C=O) groups excluding carboxylic acids is 4. The van der Waals surface area contributed by atoms with Gasteiger partial charge >= 0.3 is 39.5 Å². The summed E-state index contributed by atoms with van der Waals surface area (Å²) >= 11 is 0. The van der Waals surface area contributed by atoms with Gasteiger partial charge in [0.05, 0.1) is 26.4 Å². The van der Waals surface area contributed by atoms with Crippen molar-refractivity contribution in [2.24, 2.45) is 17.8 Å². The van der Waals surface area contributed by atoms with Crippen molar-refractivity contribution < 1.29 is 80.2 Å². The lowest BCUT2D eigenvalue weighted by Crippen LogP contribution is -2.30. The van der Waals surface area contributed by atoms with Gasteiger partial charge in [0, 0.05) is 25.7 Å². The summed E-state index contributed by atoms with van der Waals surface area (Å²) < 4.78 is 68.5. The highest BCUT2D eigenvalue weighted by Crippen LogP contribution is 2.45. The van der Waals surface area contributed by atoms with Gasteiger partial charge in [-0.05, 0) is 69.1 Å². The van der Waals surface area contributed by atoms with E-state index in [0.717, 1.165) is 127 Å². The molecule has 0 aliphatic rings. The van der Waals surface area contributed by atoms with Gasteiger partial charge in [0.25, 0.3) is 0 Å². The Morgan fingerprint density at radius 1 is 0.347 bits per heavy atom. The fourth-order valence-electron chi connectivity index (χ4n) is 11.0. The minimum atomic E-state index is -4.97. The Labute approximate surface area is 580 Å². The number of ether oxygens (including phenoxy) is 4. The molecule has 0 radical (unpaired) electrons. The minimum Gasteiger partial charge on any atom is -0.462 e. The molecule has 0 saturated heterocycles. The maximum atomic E-state index is 13.1. The molecular formula is C76H144O17P2. The van der Waals surface area contributed by atoms with Gasteiger partial charge in [-0.3, -0.25) is 37.3 Å². The molecule has 0 aliphatic carbocycles. The Bertz CT molecular complexity index is 1950. The van der Waals surface area contributed by atoms with E-state index in [1.807, 2.05) is 0 Å². The zero-order valence-electron chi connectivity index (χ0n) is 61.6. The fourth-order valence-corrected chi connectivity index (χ4v) is 12.6. The highest BCUT2D eigenvalue weighted by atomic mass is 31.2. The van der Waals surface area contributed by atoms with E-state index in [1.54, 1.807) is 0 Å². The molecule has 0 fully saturated rings. The molecule has 6 atom stereocenters. The van der Waals surface area contributed by atoms with Crippen LogP contribution in [0.15, 0.2) is 24.3 Å². The van der Waals surface area contributed by atoms with E-state index >= 15 is 0 Å². The van der Waals surface area contributed by atoms with Crippen molar-refractivity contribution in [3.63, 3.8) is 0 Å². The number of esters is 4. The minimum absolute atomic E-state index is 0.0848. The fraction of sp³-hybridized carbons (Fsp3) is 0.895. The monoisotopic (exact) mass is 1390 g/mol. The lowest BCUT2D eigenvalue weighted by atomic mass is 10.00. The number of phosphoric ester groups is 2. The van der Waals surface area contributed by atoms with E-state index in [4.69, 9.17) is 37.0 Å². The molecule has 0 bridgehead atoms. The first-order chi connectivity index (χ1) is 45.8. The summed E-state index contributed by atoms with van der Waals surface area (Å²) in [4.78, 5) is 72.8. The Morgan fingerprint density at radius 3 is 0.937 bits per heavy atom. The van der Waals surface area contributed by atoms with Gasteiger partial charge in [-0.2, -0.15) is 0 Å². The number of carbonyl (C=O) groups is 4. The summed E-state index contributed by atoms with van der Waals surface area (Å²) in [6, 6.07) is 0. The first-order valence-electron chi connectivity index (χ1n) is 38.7. The highest BCUT2D eigenvalue weighted by Gasteiger charge is 2.30. The molecule has 3 N–H and O–H groups in total. The third-order valence-corrected chi connectivity index (χ3v) is 19.3. The maximum Gasteiger partial charge on any atom is 0.472 e. The van der Waals surface area contributed by atoms with E-state index in [2.05, 4.69) is 72.8 Å². The van der Waals surface area contributed by atoms with Crippen molar-refractivity contribution >= 4 is 39.5 Å². The van der Waals surface area contributed by atoms with Gasteiger partial charge < -0.3 is 33.8 Å². The van der Waals surface area contributed by atoms with Crippen LogP contribution in [0.5, 0.6) is 0 Å². The Kier molecular flexibility index (Phi) is 64.4. The van der Waals surface area contributed by atoms with Crippen LogP contribution in [-0.2, 0) is 65.4 Å². The third kappa shape index (κ3) is 68.5. The Hall–Kier alpha value is -2.46. The largest absolute Gasteiger partial charge is 0.472 e. The molecule has 95 heavy (non-hydrogen) atoms. The smallest absolute Gasteiger partial charge is 0.462 e. The summed E-state index contributed by atoms with van der Waals surface area (Å²) in [6.07, 6.45) is 54.9. The van der Waals surface area contributed by atoms with Crippen LogP contribution in [-0.4, -0.2) is 96.7 Å². The second-order valence-corrected chi connectivity index (χ2v) is 30.8. The first-order valence-corrected chi connectivity index (χ1v) is 41.7. The molecule has 0 aromatic rings. The molecule has 560 valence electrons. The number of aliphatic hydroxyl groups is 1. The van der Waals surface area contributed by atoms with Crippen LogP contribution in [0.4, 0.5) is 0 Å². The quantitative estimate of drug-likeness (QED) is 0.0169. The second-order valence-electron chi connectivity index (χ2n) is 27.9. The zero-order valence-corrected chi connectivity index (χ0v) is 63.4. The normalized spacial score (nSPS) is 14.5. The molecule has 19 heteroatoms. The van der Waals surface area contributed by atoms with E-state index in [-0.39, 0.29) is 25.7 Å². The predicted molar refractivity (Wildman–Crippen MR) is 386 cm³/mol. The molecule has 0 spiro atoms. The van der Waals surface area contributed by atoms with Gasteiger partial charge in [-0.15, -0.1) is 0 Å². The summed E-state index contributed by atoms with van der Waals surface area (Å²) in [5.41, 5.74) is 0. The summed E-state index contributed by atoms with van der Waals surface area (Å²) in [5, 5.41) is 10.6. The number of allylic oxidation sites excluding steroid dienone is 4. The van der Waals surface area contributed by atoms with E-state index in [0.29, 0.717) is 25.7 Å². The molecule has 3 unspecified atom stereocenters. The summed E-state index contributed by atoms with van der Waals surface area (Å²) in [6.45, 7) is 11.8. The number of aliphatic hydroxyl groups excluding tert-OH is 1. The number of unbranched alkanes of at least 4 members (excludes halogenated alkanes) is 36. The maximum absolute atomic E-state index is 13.1. The van der Waals surface area contributed by atoms with Crippen LogP contribution in [0.1, 0.15) is 363 Å². The Balaban J connectivity index is 5.29. The van der Waals surface area contributed by atoms with Crippen LogP contribution >= 0.6 is 15.6 Å². The third-order valence-electron chi connectivity index (χ3n) is 17.4. The average molecular weight is 1390 g/mol. The molecule has 17 nitrogen and oxygen atoms in total. The van der Waals surface area contributed by atoms with Gasteiger partial charge in [-0.25, -0.2) is 9.13 Å². The standard InChI is InChI=1S/C76H144O17P2/c1-8-10-11-12-13-14-15-16-17-22-25-31-36-45-52-59-75(80)92-71(63-86-73(78)57-50-43-35-30-24-21-19-18-20-23-28-33-40-47-54-67(3)4)65-90-94(82,83)88-61-70(77)62-89-95(84,85)91-66-72(64-87-74(79)58-51-44-39-38-42-49-56-69(7)9-2)93-76(81)60-53-46-37-32-27-26-29-34-41-48-55-68(5)6/h14-17,67-72,77H,8-13,18-66H2,1-7H3,(H,82,83)(H,84,85)/b15-14-,17-16-/t69?,70-,71-,72-/m1/s1. The first kappa shape index (κ1) is 92.5. The van der Waals surface area contributed by atoms with E-state index < -0.39 is 97.5 Å². The topological polar surface area (TPSA) is 237 Å². The molecule has 0 amide bonds. The van der Waals surface area contributed by atoms with Crippen molar-refractivity contribution in [2.45, 2.75) is 381 Å². The number of rotatable bonds is 72. The molecule has 0 rings (SSSR count). The van der Waals surface area contributed by atoms with Crippen LogP contribution in [0, 0.1) is 17.8 Å². The molecule has 0 aromatic heterocycles. The molecule has 0 aliphatic heterocycles. The van der Waals surface area contributed by atoms with Gasteiger partial charge in [0.15, 0.2) is 12.2 Å². The lowest BCUT2D eigenvalue weighted by molar-refractivity contribution is -0.161. The summed E-state index contributed by atoms with van der Waals surface area (Å²) in [5.74, 6) is 0.127. The number of phosphoric acid groups is 2. The highest BCUT2D eigenvalue weighted by molar-refractivity contribution is 7.47. The molecular weight excluding hydrogens is 1250 g/mol. The van der Waals surface area contributed by atoms with Crippen molar-refractivity contribution in [2.75, 3.05) is 39.6 Å². The second kappa shape index (κ2) is 66.1. The SMILES string of the molecule is CCCCCC/C=C\C=C/CCCCCCCC(=O)O[C@H](COC(=O)CCCCCCCCCCCCCCCCC(C)C)COP(=O)(O)OC[C@@H](O)COP(=O)(O)OC[C@@H](COC(=O)CCCCCCCCC(C)CC)OC(=O)CCCCCCCCCCCCC(C)C. The molecule has 0 heterocycles. The van der Waals surface area contributed by atoms with Crippen molar-refractivity contribution in [3.8, 4) is 0 Å². The zero-order chi connectivity index (χ0) is 70.1. The predicted octanol–water partition coefficient (Wildman–Crippen LogP) is 21.7. The van der Waals surface area contributed by atoms with Gasteiger partial charge in [0.1, 0.15) is 19.3 Å². The van der Waals surface area contributed by atoms with E-state index in [9.17, 15) is 43.2 Å². The van der Waals surface area contributed by atoms with Gasteiger partial charge in [0.2, 0.25) is 0 Å². The average Bonchev–Trinajstić information content (AvgIpc) is 1.49. The van der Waals surface area contributed by atoms with Crippen LogP contribution in [0.25, 0.3) is 0 Å². The Morgan fingerprint density at radius 2 is 0.621 bits per heavy atom. The molecule has 0 saturated carbocycles. The van der Waals surface area contributed by atoms with Crippen molar-refractivity contribution in [1.82, 2.24) is 0 Å².